The Kier molecular flexibility index (Phi) is 5.12. The molecule has 0 N–H and O–H groups in total. The maximum atomic E-state index is 13.1. The molecule has 26 heavy (non-hydrogen) atoms. The number of esters is 1. The number of halogens is 1. The van der Waals surface area contributed by atoms with E-state index in [0.717, 1.165) is 0 Å². The van der Waals surface area contributed by atoms with E-state index in [-0.39, 0.29) is 23.4 Å². The zero-order chi connectivity index (χ0) is 18.5. The van der Waals surface area contributed by atoms with Gasteiger partial charge >= 0.3 is 5.97 Å². The van der Waals surface area contributed by atoms with Crippen LogP contribution in [0.2, 0.25) is 0 Å². The zero-order valence-corrected chi connectivity index (χ0v) is 14.0. The molecule has 3 rings (SSSR count). The van der Waals surface area contributed by atoms with Gasteiger partial charge in [0.1, 0.15) is 5.82 Å². The van der Waals surface area contributed by atoms with Gasteiger partial charge < -0.3 is 4.74 Å². The first-order valence-electron chi connectivity index (χ1n) is 8.00. The molecule has 5 nitrogen and oxygen atoms in total. The Morgan fingerprint density at radius 1 is 1.04 bits per heavy atom. The molecule has 0 amide bonds. The summed E-state index contributed by atoms with van der Waals surface area (Å²) in [5, 5.41) is 0. The minimum atomic E-state index is -0.711. The fourth-order valence-electron chi connectivity index (χ4n) is 2.39. The van der Waals surface area contributed by atoms with Gasteiger partial charge in [0.15, 0.2) is 17.3 Å². The number of benzene rings is 2. The van der Waals surface area contributed by atoms with E-state index in [1.165, 1.54) is 30.5 Å². The van der Waals surface area contributed by atoms with Crippen LogP contribution in [-0.4, -0.2) is 28.3 Å². The van der Waals surface area contributed by atoms with E-state index < -0.39 is 17.6 Å². The topological polar surface area (TPSA) is 69.2 Å². The Labute approximate surface area is 149 Å². The third-order valence-electron chi connectivity index (χ3n) is 3.64. The van der Waals surface area contributed by atoms with Gasteiger partial charge in [-0.25, -0.2) is 19.2 Å². The molecule has 0 fully saturated rings. The second kappa shape index (κ2) is 7.65. The molecule has 0 spiro atoms. The number of hydrogen-bond donors (Lipinski definition) is 0. The maximum Gasteiger partial charge on any atom is 0.357 e. The van der Waals surface area contributed by atoms with Crippen LogP contribution in [0.25, 0.3) is 11.4 Å². The Morgan fingerprint density at radius 3 is 2.38 bits per heavy atom. The highest BCUT2D eigenvalue weighted by Gasteiger charge is 2.23. The highest BCUT2D eigenvalue weighted by molar-refractivity contribution is 6.13. The predicted molar refractivity (Wildman–Crippen MR) is 93.3 cm³/mol. The molecule has 0 aliphatic carbocycles. The van der Waals surface area contributed by atoms with Gasteiger partial charge in [0.2, 0.25) is 0 Å². The Hall–Kier alpha value is -3.41. The normalized spacial score (nSPS) is 10.4. The summed E-state index contributed by atoms with van der Waals surface area (Å²) in [7, 11) is 0. The second-order valence-corrected chi connectivity index (χ2v) is 5.38. The van der Waals surface area contributed by atoms with E-state index >= 15 is 0 Å². The van der Waals surface area contributed by atoms with Gasteiger partial charge in [-0.05, 0) is 31.2 Å². The summed E-state index contributed by atoms with van der Waals surface area (Å²) in [6.07, 6.45) is 1.30. The van der Waals surface area contributed by atoms with Gasteiger partial charge in [-0.2, -0.15) is 0 Å². The number of aromatic nitrogens is 2. The molecule has 130 valence electrons. The summed E-state index contributed by atoms with van der Waals surface area (Å²) < 4.78 is 18.1. The molecule has 0 saturated carbocycles. The molecular formula is C20H15FN2O3. The Morgan fingerprint density at radius 2 is 1.73 bits per heavy atom. The molecule has 0 unspecified atom stereocenters. The van der Waals surface area contributed by atoms with E-state index in [1.807, 2.05) is 18.2 Å². The van der Waals surface area contributed by atoms with E-state index in [2.05, 4.69) is 9.97 Å². The lowest BCUT2D eigenvalue weighted by atomic mass is 10.0. The van der Waals surface area contributed by atoms with Crippen molar-refractivity contribution in [2.45, 2.75) is 6.92 Å². The molecule has 1 aromatic heterocycles. The summed E-state index contributed by atoms with van der Waals surface area (Å²) in [4.78, 5) is 33.5. The monoisotopic (exact) mass is 350 g/mol. The third-order valence-corrected chi connectivity index (χ3v) is 3.64. The largest absolute Gasteiger partial charge is 0.461 e. The van der Waals surface area contributed by atoms with Crippen molar-refractivity contribution in [1.29, 1.82) is 0 Å². The average molecular weight is 350 g/mol. The minimum absolute atomic E-state index is 0.00902. The standard InChI is InChI=1S/C20H15FN2O3/c1-2-26-20(25)17-16(18(24)13-8-10-15(21)11-9-13)12-22-19(23-17)14-6-4-3-5-7-14/h3-12H,2H2,1H3. The molecule has 0 radical (unpaired) electrons. The quantitative estimate of drug-likeness (QED) is 0.518. The molecule has 6 heteroatoms. The summed E-state index contributed by atoms with van der Waals surface area (Å²) in [5.41, 5.74) is 0.830. The van der Waals surface area contributed by atoms with Crippen molar-refractivity contribution in [2.75, 3.05) is 6.61 Å². The first-order valence-corrected chi connectivity index (χ1v) is 8.00. The number of ketones is 1. The van der Waals surface area contributed by atoms with E-state index in [9.17, 15) is 14.0 Å². The van der Waals surface area contributed by atoms with Crippen LogP contribution >= 0.6 is 0 Å². The lowest BCUT2D eigenvalue weighted by Crippen LogP contribution is -2.16. The van der Waals surface area contributed by atoms with Crippen LogP contribution in [0.5, 0.6) is 0 Å². The van der Waals surface area contributed by atoms with Crippen LogP contribution in [0.4, 0.5) is 4.39 Å². The fourth-order valence-corrected chi connectivity index (χ4v) is 2.39. The van der Waals surface area contributed by atoms with Crippen LogP contribution in [0.15, 0.2) is 60.8 Å². The van der Waals surface area contributed by atoms with Gasteiger partial charge in [-0.1, -0.05) is 30.3 Å². The molecule has 2 aromatic carbocycles. The maximum absolute atomic E-state index is 13.1. The molecule has 0 saturated heterocycles. The van der Waals surface area contributed by atoms with E-state index in [4.69, 9.17) is 4.74 Å². The van der Waals surface area contributed by atoms with Gasteiger partial charge in [-0.15, -0.1) is 0 Å². The summed E-state index contributed by atoms with van der Waals surface area (Å²) in [5.74, 6) is -1.34. The molecule has 0 aliphatic heterocycles. The first kappa shape index (κ1) is 17.4. The molecule has 0 bridgehead atoms. The third kappa shape index (κ3) is 3.64. The van der Waals surface area contributed by atoms with Crippen molar-refractivity contribution in [3.05, 3.63) is 83.4 Å². The highest BCUT2D eigenvalue weighted by atomic mass is 19.1. The van der Waals surface area contributed by atoms with Crippen molar-refractivity contribution in [2.24, 2.45) is 0 Å². The zero-order valence-electron chi connectivity index (χ0n) is 14.0. The highest BCUT2D eigenvalue weighted by Crippen LogP contribution is 2.19. The van der Waals surface area contributed by atoms with Crippen molar-refractivity contribution < 1.29 is 18.7 Å². The Balaban J connectivity index is 2.07. The predicted octanol–water partition coefficient (Wildman–Crippen LogP) is 3.69. The van der Waals surface area contributed by atoms with Crippen molar-refractivity contribution in [1.82, 2.24) is 9.97 Å². The smallest absolute Gasteiger partial charge is 0.357 e. The van der Waals surface area contributed by atoms with Crippen molar-refractivity contribution in [3.63, 3.8) is 0 Å². The second-order valence-electron chi connectivity index (χ2n) is 5.38. The van der Waals surface area contributed by atoms with Crippen LogP contribution < -0.4 is 0 Å². The molecule has 0 aliphatic rings. The van der Waals surface area contributed by atoms with Gasteiger partial charge in [0.25, 0.3) is 0 Å². The first-order chi connectivity index (χ1) is 12.6. The van der Waals surface area contributed by atoms with Crippen LogP contribution in [0, 0.1) is 5.82 Å². The molecule has 3 aromatic rings. The van der Waals surface area contributed by atoms with Gasteiger partial charge in [-0.3, -0.25) is 4.79 Å². The van der Waals surface area contributed by atoms with Crippen LogP contribution in [-0.2, 0) is 4.74 Å². The van der Waals surface area contributed by atoms with E-state index in [1.54, 1.807) is 19.1 Å². The number of nitrogens with zero attached hydrogens (tertiary/aromatic N) is 2. The lowest BCUT2D eigenvalue weighted by Gasteiger charge is -2.09. The van der Waals surface area contributed by atoms with Crippen LogP contribution in [0.3, 0.4) is 0 Å². The fraction of sp³-hybridized carbons (Fsp3) is 0.100. The van der Waals surface area contributed by atoms with Crippen molar-refractivity contribution >= 4 is 11.8 Å². The SMILES string of the molecule is CCOC(=O)c1nc(-c2ccccc2)ncc1C(=O)c1ccc(F)cc1. The summed E-state index contributed by atoms with van der Waals surface area (Å²) in [6.45, 7) is 1.81. The minimum Gasteiger partial charge on any atom is -0.461 e. The number of rotatable bonds is 5. The number of ether oxygens (including phenoxy) is 1. The van der Waals surface area contributed by atoms with E-state index in [0.29, 0.717) is 11.4 Å². The molecule has 1 heterocycles. The summed E-state index contributed by atoms with van der Waals surface area (Å²) >= 11 is 0. The number of carbonyl (C=O) groups excluding carboxylic acids is 2. The van der Waals surface area contributed by atoms with Crippen LogP contribution in [0.1, 0.15) is 33.3 Å². The number of carbonyl (C=O) groups is 2. The molecular weight excluding hydrogens is 335 g/mol. The number of hydrogen-bond acceptors (Lipinski definition) is 5. The average Bonchev–Trinajstić information content (AvgIpc) is 2.68. The Bertz CT molecular complexity index is 941. The van der Waals surface area contributed by atoms with Gasteiger partial charge in [0.05, 0.1) is 12.2 Å². The molecule has 0 atom stereocenters. The lowest BCUT2D eigenvalue weighted by molar-refractivity contribution is 0.0516. The summed E-state index contributed by atoms with van der Waals surface area (Å²) in [6, 6.07) is 14.1. The van der Waals surface area contributed by atoms with Crippen molar-refractivity contribution in [3.8, 4) is 11.4 Å². The van der Waals surface area contributed by atoms with Gasteiger partial charge in [0, 0.05) is 17.3 Å².